The Morgan fingerprint density at radius 1 is 0.973 bits per heavy atom. The Labute approximate surface area is 223 Å². The highest BCUT2D eigenvalue weighted by atomic mass is 16.6. The maximum absolute atomic E-state index is 14.2. The van der Waals surface area contributed by atoms with E-state index >= 15 is 0 Å². The van der Waals surface area contributed by atoms with Gasteiger partial charge in [0, 0.05) is 18.2 Å². The Morgan fingerprint density at radius 2 is 1.59 bits per heavy atom. The molecule has 3 unspecified atom stereocenters. The average molecular weight is 520 g/mol. The highest BCUT2D eigenvalue weighted by Gasteiger charge is 2.38. The van der Waals surface area contributed by atoms with Crippen molar-refractivity contribution < 1.29 is 24.2 Å². The molecule has 0 aromatic heterocycles. The molecule has 0 bridgehead atoms. The number of amides is 3. The number of hydrogen-bond acceptors (Lipinski definition) is 5. The minimum atomic E-state index is -1.05. The molecule has 37 heavy (non-hydrogen) atoms. The molecule has 0 saturated carbocycles. The number of rotatable bonds is 14. The fraction of sp³-hybridized carbons (Fsp3) is 0.690. The molecule has 1 rings (SSSR count). The highest BCUT2D eigenvalue weighted by molar-refractivity contribution is 5.92. The average Bonchev–Trinajstić information content (AvgIpc) is 2.80. The molecule has 8 nitrogen and oxygen atoms in total. The van der Waals surface area contributed by atoms with Crippen LogP contribution in [0.3, 0.4) is 0 Å². The summed E-state index contributed by atoms with van der Waals surface area (Å²) in [5.41, 5.74) is -0.371. The Morgan fingerprint density at radius 3 is 2.14 bits per heavy atom. The topological polar surface area (TPSA) is 108 Å². The van der Waals surface area contributed by atoms with Crippen molar-refractivity contribution in [2.24, 2.45) is 5.92 Å². The van der Waals surface area contributed by atoms with Crippen LogP contribution in [0.2, 0.25) is 0 Å². The molecule has 0 radical (unpaired) electrons. The highest BCUT2D eigenvalue weighted by Crippen LogP contribution is 2.31. The Hall–Kier alpha value is -2.77. The fourth-order valence-electron chi connectivity index (χ4n) is 4.08. The van der Waals surface area contributed by atoms with Crippen LogP contribution in [0.15, 0.2) is 24.3 Å². The summed E-state index contributed by atoms with van der Waals surface area (Å²) in [6, 6.07) is 4.49. The number of benzene rings is 1. The molecule has 0 heterocycles. The van der Waals surface area contributed by atoms with Gasteiger partial charge in [-0.2, -0.15) is 0 Å². The van der Waals surface area contributed by atoms with Gasteiger partial charge in [-0.3, -0.25) is 9.59 Å². The normalized spacial score (nSPS) is 14.0. The smallest absolute Gasteiger partial charge is 0.408 e. The zero-order valence-corrected chi connectivity index (χ0v) is 24.1. The number of alkyl carbamates (subject to hydrolysis) is 1. The summed E-state index contributed by atoms with van der Waals surface area (Å²) in [6.45, 7) is 15.3. The predicted molar refractivity (Wildman–Crippen MR) is 147 cm³/mol. The van der Waals surface area contributed by atoms with Crippen LogP contribution in [0.4, 0.5) is 4.79 Å². The minimum absolute atomic E-state index is 0.0598. The zero-order valence-electron chi connectivity index (χ0n) is 24.1. The summed E-state index contributed by atoms with van der Waals surface area (Å²) in [6.07, 6.45) is 4.78. The van der Waals surface area contributed by atoms with Gasteiger partial charge in [0.2, 0.25) is 11.8 Å². The summed E-state index contributed by atoms with van der Waals surface area (Å²) < 4.78 is 5.44. The van der Waals surface area contributed by atoms with Crippen molar-refractivity contribution >= 4 is 17.9 Å². The van der Waals surface area contributed by atoms with Gasteiger partial charge in [0.1, 0.15) is 23.4 Å². The van der Waals surface area contributed by atoms with E-state index < -0.39 is 23.8 Å². The third kappa shape index (κ3) is 11.0. The fourth-order valence-corrected chi connectivity index (χ4v) is 4.08. The van der Waals surface area contributed by atoms with Crippen LogP contribution in [0.1, 0.15) is 106 Å². The standard InChI is InChI=1S/C29H49N3O5/c1-9-11-12-13-16-19-32(25(26(34)30-20(3)4)22-17-14-15-18-23(22)33)27(35)24(21(5)10-2)31-28(36)37-29(6,7)8/h14-15,17-18,20-21,24-25,33H,9-13,16,19H2,1-8H3,(H,30,34)(H,31,36). The van der Waals surface area contributed by atoms with E-state index in [2.05, 4.69) is 17.6 Å². The molecule has 0 aliphatic carbocycles. The molecule has 0 aliphatic heterocycles. The first kappa shape index (κ1) is 32.3. The first-order valence-electron chi connectivity index (χ1n) is 13.7. The number of para-hydroxylation sites is 1. The van der Waals surface area contributed by atoms with Crippen molar-refractivity contribution in [1.29, 1.82) is 0 Å². The van der Waals surface area contributed by atoms with E-state index in [0.29, 0.717) is 24.9 Å². The lowest BCUT2D eigenvalue weighted by molar-refractivity contribution is -0.143. The molecular formula is C29H49N3O5. The van der Waals surface area contributed by atoms with Crippen LogP contribution in [0.5, 0.6) is 5.75 Å². The Bertz CT molecular complexity index is 865. The molecule has 1 aromatic carbocycles. The second-order valence-electron chi connectivity index (χ2n) is 11.1. The first-order valence-corrected chi connectivity index (χ1v) is 13.7. The van der Waals surface area contributed by atoms with Crippen molar-refractivity contribution in [3.63, 3.8) is 0 Å². The van der Waals surface area contributed by atoms with Crippen molar-refractivity contribution in [2.75, 3.05) is 6.54 Å². The lowest BCUT2D eigenvalue weighted by atomic mass is 9.95. The SMILES string of the molecule is CCCCCCCN(C(=O)C(NC(=O)OC(C)(C)C)C(C)CC)C(C(=O)NC(C)C)c1ccccc1O. The molecule has 3 atom stereocenters. The van der Waals surface area contributed by atoms with Crippen molar-refractivity contribution in [3.8, 4) is 5.75 Å². The van der Waals surface area contributed by atoms with Crippen LogP contribution in [0.25, 0.3) is 0 Å². The minimum Gasteiger partial charge on any atom is -0.508 e. The third-order valence-corrected chi connectivity index (χ3v) is 6.16. The lowest BCUT2D eigenvalue weighted by Crippen LogP contribution is -2.55. The molecule has 1 aromatic rings. The molecule has 3 N–H and O–H groups in total. The molecule has 0 saturated heterocycles. The van der Waals surface area contributed by atoms with E-state index in [4.69, 9.17) is 4.74 Å². The van der Waals surface area contributed by atoms with E-state index in [1.165, 1.54) is 11.0 Å². The summed E-state index contributed by atoms with van der Waals surface area (Å²) in [7, 11) is 0. The molecule has 8 heteroatoms. The second kappa shape index (κ2) is 15.5. The van der Waals surface area contributed by atoms with E-state index in [1.54, 1.807) is 39.0 Å². The maximum Gasteiger partial charge on any atom is 0.408 e. The van der Waals surface area contributed by atoms with Gasteiger partial charge in [0.25, 0.3) is 0 Å². The number of carbonyl (C=O) groups is 3. The van der Waals surface area contributed by atoms with Crippen molar-refractivity contribution in [1.82, 2.24) is 15.5 Å². The summed E-state index contributed by atoms with van der Waals surface area (Å²) in [5.74, 6) is -1.02. The van der Waals surface area contributed by atoms with Gasteiger partial charge in [0.05, 0.1) is 0 Å². The number of aromatic hydroxyl groups is 1. The van der Waals surface area contributed by atoms with Gasteiger partial charge >= 0.3 is 6.09 Å². The van der Waals surface area contributed by atoms with E-state index in [-0.39, 0.29) is 29.5 Å². The van der Waals surface area contributed by atoms with Gasteiger partial charge in [-0.05, 0) is 53.0 Å². The van der Waals surface area contributed by atoms with Crippen LogP contribution in [-0.2, 0) is 14.3 Å². The molecule has 3 amide bonds. The van der Waals surface area contributed by atoms with Crippen LogP contribution in [-0.4, -0.2) is 52.1 Å². The quantitative estimate of drug-likeness (QED) is 0.273. The summed E-state index contributed by atoms with van der Waals surface area (Å²) in [4.78, 5) is 41.9. The van der Waals surface area contributed by atoms with Crippen molar-refractivity contribution in [2.45, 2.75) is 118 Å². The predicted octanol–water partition coefficient (Wildman–Crippen LogP) is 5.70. The molecular weight excluding hydrogens is 470 g/mol. The first-order chi connectivity index (χ1) is 17.3. The number of phenolic OH excluding ortho intramolecular Hbond substituents is 1. The largest absolute Gasteiger partial charge is 0.508 e. The Balaban J connectivity index is 3.49. The molecule has 0 aliphatic rings. The van der Waals surface area contributed by atoms with E-state index in [9.17, 15) is 19.5 Å². The number of unbranched alkanes of at least 4 members (excludes halogenated alkanes) is 4. The molecule has 0 fully saturated rings. The van der Waals surface area contributed by atoms with E-state index in [1.807, 2.05) is 27.7 Å². The van der Waals surface area contributed by atoms with E-state index in [0.717, 1.165) is 25.7 Å². The molecule has 210 valence electrons. The van der Waals surface area contributed by atoms with Crippen LogP contribution < -0.4 is 10.6 Å². The number of nitrogens with zero attached hydrogens (tertiary/aromatic N) is 1. The maximum atomic E-state index is 14.2. The van der Waals surface area contributed by atoms with Gasteiger partial charge < -0.3 is 25.4 Å². The molecule has 0 spiro atoms. The lowest BCUT2D eigenvalue weighted by Gasteiger charge is -2.36. The van der Waals surface area contributed by atoms with Crippen LogP contribution in [0, 0.1) is 5.92 Å². The Kier molecular flexibility index (Phi) is 13.5. The monoisotopic (exact) mass is 519 g/mol. The van der Waals surface area contributed by atoms with Gasteiger partial charge in [-0.1, -0.05) is 71.1 Å². The number of phenols is 1. The number of hydrogen-bond donors (Lipinski definition) is 3. The van der Waals surface area contributed by atoms with Gasteiger partial charge in [0.15, 0.2) is 0 Å². The zero-order chi connectivity index (χ0) is 28.2. The summed E-state index contributed by atoms with van der Waals surface area (Å²) >= 11 is 0. The number of nitrogens with one attached hydrogen (secondary N) is 2. The number of ether oxygens (including phenoxy) is 1. The van der Waals surface area contributed by atoms with Gasteiger partial charge in [-0.15, -0.1) is 0 Å². The van der Waals surface area contributed by atoms with Gasteiger partial charge in [-0.25, -0.2) is 4.79 Å². The second-order valence-corrected chi connectivity index (χ2v) is 11.1. The van der Waals surface area contributed by atoms with Crippen LogP contribution >= 0.6 is 0 Å². The number of carbonyl (C=O) groups excluding carboxylic acids is 3. The summed E-state index contributed by atoms with van der Waals surface area (Å²) in [5, 5.41) is 16.4. The van der Waals surface area contributed by atoms with Crippen molar-refractivity contribution in [3.05, 3.63) is 29.8 Å². The third-order valence-electron chi connectivity index (χ3n) is 6.16.